The molecular weight excluding hydrogens is 568 g/mol. The molecule has 1 fully saturated rings. The molecule has 5 atom stereocenters. The maximum Gasteiger partial charge on any atom is 0.203 e. The van der Waals surface area contributed by atoms with E-state index in [0.29, 0.717) is 35.1 Å². The van der Waals surface area contributed by atoms with Gasteiger partial charge in [0.15, 0.2) is 5.60 Å². The van der Waals surface area contributed by atoms with Gasteiger partial charge in [0.2, 0.25) is 11.6 Å². The lowest BCUT2D eigenvalue weighted by Gasteiger charge is -2.61. The first-order valence-corrected chi connectivity index (χ1v) is 15.3. The summed E-state index contributed by atoms with van der Waals surface area (Å²) in [6.07, 6.45) is 4.02. The average molecular weight is 609 g/mol. The number of hydrogen-bond acceptors (Lipinski definition) is 7. The number of carbonyl (C=O) groups is 2. The quantitative estimate of drug-likeness (QED) is 0.294. The molecule has 0 bridgehead atoms. The molecule has 6 rings (SSSR count). The van der Waals surface area contributed by atoms with E-state index in [0.717, 1.165) is 22.5 Å². The third kappa shape index (κ3) is 3.96. The maximum atomic E-state index is 14.5. The number of hydrogen-bond donors (Lipinski definition) is 4. The molecule has 1 saturated carbocycles. The molecule has 0 saturated heterocycles. The van der Waals surface area contributed by atoms with E-state index in [1.54, 1.807) is 34.8 Å². The van der Waals surface area contributed by atoms with E-state index in [2.05, 4.69) is 18.7 Å². The molecule has 2 aromatic rings. The van der Waals surface area contributed by atoms with Crippen LogP contribution in [0.4, 0.5) is 0 Å². The fourth-order valence-corrected chi connectivity index (χ4v) is 8.44. The summed E-state index contributed by atoms with van der Waals surface area (Å²) in [4.78, 5) is 28.4. The van der Waals surface area contributed by atoms with Crippen LogP contribution < -0.4 is 4.74 Å². The Kier molecular flexibility index (Phi) is 6.96. The average Bonchev–Trinajstić information content (AvgIpc) is 3.47. The van der Waals surface area contributed by atoms with E-state index in [4.69, 9.17) is 4.74 Å². The van der Waals surface area contributed by atoms with Crippen molar-refractivity contribution in [3.8, 4) is 11.5 Å². The van der Waals surface area contributed by atoms with Crippen molar-refractivity contribution < 1.29 is 34.8 Å². The van der Waals surface area contributed by atoms with Gasteiger partial charge in [-0.15, -0.1) is 0 Å². The summed E-state index contributed by atoms with van der Waals surface area (Å²) in [5.41, 5.74) is -0.110. The van der Waals surface area contributed by atoms with Crippen LogP contribution in [-0.4, -0.2) is 50.8 Å². The molecule has 234 valence electrons. The van der Waals surface area contributed by atoms with E-state index in [9.17, 15) is 30.0 Å². The van der Waals surface area contributed by atoms with Crippen LogP contribution in [0, 0.1) is 10.8 Å². The van der Waals surface area contributed by atoms with Crippen LogP contribution in [0.3, 0.4) is 0 Å². The number of rotatable bonds is 5. The Balaban J connectivity index is 1.43. The molecule has 2 aromatic carbocycles. The lowest BCUT2D eigenvalue weighted by molar-refractivity contribution is -0.197. The molecule has 0 unspecified atom stereocenters. The minimum Gasteiger partial charge on any atom is -0.507 e. The highest BCUT2D eigenvalue weighted by molar-refractivity contribution is 6.27. The molecule has 0 amide bonds. The first-order valence-electron chi connectivity index (χ1n) is 15.3. The number of ketones is 2. The van der Waals surface area contributed by atoms with E-state index >= 15 is 0 Å². The number of aliphatic hydroxyl groups is 3. The molecular formula is C38H40O7. The Morgan fingerprint density at radius 2 is 1.73 bits per heavy atom. The molecule has 0 heterocycles. The molecule has 0 radical (unpaired) electrons. The molecule has 0 aromatic heterocycles. The summed E-state index contributed by atoms with van der Waals surface area (Å²) in [5, 5.41) is 47.7. The molecule has 4 N–H and O–H groups in total. The summed E-state index contributed by atoms with van der Waals surface area (Å²) in [7, 11) is 1.63. The summed E-state index contributed by atoms with van der Waals surface area (Å²) in [6.45, 7) is 12.4. The molecule has 7 nitrogen and oxygen atoms in total. The molecule has 4 aliphatic carbocycles. The van der Waals surface area contributed by atoms with Gasteiger partial charge in [-0.05, 0) is 79.0 Å². The predicted octanol–water partition coefficient (Wildman–Crippen LogP) is 6.30. The second-order valence-electron chi connectivity index (χ2n) is 13.6. The van der Waals surface area contributed by atoms with Gasteiger partial charge in [-0.2, -0.15) is 0 Å². The minimum atomic E-state index is -2.62. The van der Waals surface area contributed by atoms with Crippen LogP contribution in [0.25, 0.3) is 11.3 Å². The Labute approximate surface area is 263 Å². The van der Waals surface area contributed by atoms with Crippen molar-refractivity contribution in [2.24, 2.45) is 10.8 Å². The third-order valence-electron chi connectivity index (χ3n) is 11.1. The molecule has 45 heavy (non-hydrogen) atoms. The second-order valence-corrected chi connectivity index (χ2v) is 13.6. The van der Waals surface area contributed by atoms with Gasteiger partial charge < -0.3 is 25.2 Å². The van der Waals surface area contributed by atoms with Crippen molar-refractivity contribution in [1.29, 1.82) is 0 Å². The highest BCUT2D eigenvalue weighted by Crippen LogP contribution is 2.65. The molecule has 4 aliphatic rings. The normalized spacial score (nSPS) is 30.8. The van der Waals surface area contributed by atoms with Gasteiger partial charge in [0, 0.05) is 16.4 Å². The van der Waals surface area contributed by atoms with E-state index in [1.165, 1.54) is 0 Å². The predicted molar refractivity (Wildman–Crippen MR) is 173 cm³/mol. The van der Waals surface area contributed by atoms with Crippen molar-refractivity contribution in [2.45, 2.75) is 71.5 Å². The van der Waals surface area contributed by atoms with Gasteiger partial charge in [0.05, 0.1) is 24.4 Å². The van der Waals surface area contributed by atoms with Gasteiger partial charge in [-0.25, -0.2) is 0 Å². The zero-order chi connectivity index (χ0) is 32.8. The number of methoxy groups -OCH3 is 1. The van der Waals surface area contributed by atoms with E-state index in [-0.39, 0.29) is 28.9 Å². The maximum absolute atomic E-state index is 14.5. The largest absolute Gasteiger partial charge is 0.507 e. The second kappa shape index (κ2) is 10.2. The number of phenols is 1. The first kappa shape index (κ1) is 30.8. The summed E-state index contributed by atoms with van der Waals surface area (Å²) >= 11 is 0. The van der Waals surface area contributed by atoms with Crippen molar-refractivity contribution in [2.75, 3.05) is 7.11 Å². The zero-order valence-corrected chi connectivity index (χ0v) is 26.6. The van der Waals surface area contributed by atoms with E-state index < -0.39 is 45.8 Å². The van der Waals surface area contributed by atoms with Gasteiger partial charge >= 0.3 is 0 Å². The standard InChI is InChI=1S/C38H40O7/c1-19(2)28-20(3)18-36(5)35(43)37(6)21(4)27-15-12-25(17-22-8-9-24(16-22)23-10-13-26(45-7)14-11-23)31(39)29(27)32(40)30(37)34(42)38(36,44)33(28)41/h9-16,21,35,39-40,43-44H,1,8,17-18H2,2-7H3/t21-,35+,36+,37+,38+/m1/s1. The summed E-state index contributed by atoms with van der Waals surface area (Å²) in [6, 6.07) is 11.4. The van der Waals surface area contributed by atoms with Crippen LogP contribution in [0.2, 0.25) is 0 Å². The number of Topliss-reactive ketones (excluding diaryl/α,β-unsaturated/α-hetero) is 2. The SMILES string of the molecule is C=C(C)C1=C(C)C[C@@]2(C)[C@H](O)[C@]3(C)C(=C(O)c4c(ccc(CC5=CC(c6ccc(OC)cc6)=CC5)c4O)[C@H]3C)C(=O)[C@@]2(O)C1=O. The van der Waals surface area contributed by atoms with Gasteiger partial charge in [-0.3, -0.25) is 9.59 Å². The molecule has 0 aliphatic heterocycles. The van der Waals surface area contributed by atoms with Crippen LogP contribution >= 0.6 is 0 Å². The van der Waals surface area contributed by atoms with E-state index in [1.807, 2.05) is 43.3 Å². The number of ether oxygens (including phenoxy) is 1. The lowest BCUT2D eigenvalue weighted by atomic mass is 9.43. The Morgan fingerprint density at radius 1 is 1.07 bits per heavy atom. The van der Waals surface area contributed by atoms with Crippen molar-refractivity contribution in [1.82, 2.24) is 0 Å². The van der Waals surface area contributed by atoms with Crippen LogP contribution in [0.15, 0.2) is 83.0 Å². The fourth-order valence-electron chi connectivity index (χ4n) is 8.44. The smallest absolute Gasteiger partial charge is 0.203 e. The summed E-state index contributed by atoms with van der Waals surface area (Å²) < 4.78 is 5.26. The molecule has 7 heteroatoms. The highest BCUT2D eigenvalue weighted by atomic mass is 16.5. The monoisotopic (exact) mass is 608 g/mol. The number of phenolic OH excluding ortho intramolecular Hbond substituents is 1. The highest BCUT2D eigenvalue weighted by Gasteiger charge is 2.74. The van der Waals surface area contributed by atoms with Gasteiger partial charge in [0.1, 0.15) is 17.3 Å². The number of aliphatic hydroxyl groups excluding tert-OH is 2. The number of carbonyl (C=O) groups excluding carboxylic acids is 2. The topological polar surface area (TPSA) is 124 Å². The Morgan fingerprint density at radius 3 is 2.36 bits per heavy atom. The number of benzene rings is 2. The van der Waals surface area contributed by atoms with Crippen LogP contribution in [-0.2, 0) is 16.0 Å². The number of fused-ring (bicyclic) bond motifs is 3. The fraction of sp³-hybridized carbons (Fsp3) is 0.368. The first-order chi connectivity index (χ1) is 21.1. The summed E-state index contributed by atoms with van der Waals surface area (Å²) in [5.74, 6) is -2.22. The minimum absolute atomic E-state index is 0.0947. The zero-order valence-electron chi connectivity index (χ0n) is 26.6. The lowest BCUT2D eigenvalue weighted by Crippen LogP contribution is -2.73. The third-order valence-corrected chi connectivity index (χ3v) is 11.1. The number of aromatic hydroxyl groups is 1. The van der Waals surface area contributed by atoms with Gasteiger partial charge in [0.25, 0.3) is 0 Å². The van der Waals surface area contributed by atoms with Crippen LogP contribution in [0.5, 0.6) is 11.5 Å². The van der Waals surface area contributed by atoms with Crippen LogP contribution in [0.1, 0.15) is 75.6 Å². The molecule has 0 spiro atoms. The van der Waals surface area contributed by atoms with Crippen molar-refractivity contribution in [3.05, 3.63) is 105 Å². The Bertz CT molecular complexity index is 1820. The van der Waals surface area contributed by atoms with Crippen molar-refractivity contribution in [3.63, 3.8) is 0 Å². The van der Waals surface area contributed by atoms with Gasteiger partial charge in [-0.1, -0.05) is 74.9 Å². The Hall–Kier alpha value is -4.20. The van der Waals surface area contributed by atoms with Crippen molar-refractivity contribution >= 4 is 22.9 Å². The number of allylic oxidation sites excluding steroid dienone is 6.